The van der Waals surface area contributed by atoms with E-state index in [4.69, 9.17) is 0 Å². The first-order valence-electron chi connectivity index (χ1n) is 6.51. The van der Waals surface area contributed by atoms with Gasteiger partial charge in [-0.3, -0.25) is 10.1 Å². The van der Waals surface area contributed by atoms with E-state index in [0.29, 0.717) is 6.54 Å². The van der Waals surface area contributed by atoms with Crippen LogP contribution in [0.4, 0.5) is 5.69 Å². The number of rotatable bonds is 7. The van der Waals surface area contributed by atoms with E-state index in [1.165, 1.54) is 12.1 Å². The Morgan fingerprint density at radius 2 is 2.10 bits per heavy atom. The van der Waals surface area contributed by atoms with Crippen molar-refractivity contribution in [3.8, 4) is 0 Å². The van der Waals surface area contributed by atoms with Crippen LogP contribution >= 0.6 is 0 Å². The SMILES string of the molecule is CCn1cnnc1CNCCc1ccc([N+](=O)[O-])cc1. The van der Waals surface area contributed by atoms with E-state index >= 15 is 0 Å². The minimum Gasteiger partial charge on any atom is -0.317 e. The minimum atomic E-state index is -0.389. The lowest BCUT2D eigenvalue weighted by Gasteiger charge is -2.05. The first-order valence-corrected chi connectivity index (χ1v) is 6.51. The first-order chi connectivity index (χ1) is 9.70. The standard InChI is InChI=1S/C13H17N5O2/c1-2-17-10-15-16-13(17)9-14-8-7-11-3-5-12(6-4-11)18(19)20/h3-6,10,14H,2,7-9H2,1H3. The molecule has 7 heteroatoms. The maximum atomic E-state index is 10.5. The van der Waals surface area contributed by atoms with Crippen LogP contribution in [0.25, 0.3) is 0 Å². The predicted molar refractivity (Wildman–Crippen MR) is 74.2 cm³/mol. The molecule has 0 atom stereocenters. The molecular weight excluding hydrogens is 258 g/mol. The monoisotopic (exact) mass is 275 g/mol. The van der Waals surface area contributed by atoms with Crippen molar-refractivity contribution in [3.63, 3.8) is 0 Å². The van der Waals surface area contributed by atoms with Gasteiger partial charge in [-0.2, -0.15) is 0 Å². The molecule has 0 amide bonds. The Balaban J connectivity index is 1.77. The fourth-order valence-corrected chi connectivity index (χ4v) is 1.90. The van der Waals surface area contributed by atoms with Crippen LogP contribution in [0, 0.1) is 10.1 Å². The maximum absolute atomic E-state index is 10.5. The fourth-order valence-electron chi connectivity index (χ4n) is 1.90. The van der Waals surface area contributed by atoms with Crippen molar-refractivity contribution in [2.24, 2.45) is 0 Å². The van der Waals surface area contributed by atoms with Crippen molar-refractivity contribution in [3.05, 3.63) is 52.1 Å². The summed E-state index contributed by atoms with van der Waals surface area (Å²) >= 11 is 0. The van der Waals surface area contributed by atoms with E-state index in [1.54, 1.807) is 18.5 Å². The molecule has 0 aliphatic rings. The molecule has 1 N–H and O–H groups in total. The number of nitrogens with zero attached hydrogens (tertiary/aromatic N) is 4. The molecule has 0 fully saturated rings. The molecule has 106 valence electrons. The van der Waals surface area contributed by atoms with Gasteiger partial charge in [0.15, 0.2) is 0 Å². The highest BCUT2D eigenvalue weighted by molar-refractivity contribution is 5.32. The highest BCUT2D eigenvalue weighted by atomic mass is 16.6. The van der Waals surface area contributed by atoms with Gasteiger partial charge in [-0.1, -0.05) is 12.1 Å². The highest BCUT2D eigenvalue weighted by Gasteiger charge is 2.04. The topological polar surface area (TPSA) is 85.9 Å². The van der Waals surface area contributed by atoms with Crippen molar-refractivity contribution >= 4 is 5.69 Å². The van der Waals surface area contributed by atoms with Gasteiger partial charge in [-0.05, 0) is 25.5 Å². The number of hydrogen-bond donors (Lipinski definition) is 1. The normalized spacial score (nSPS) is 10.7. The quantitative estimate of drug-likeness (QED) is 0.470. The Morgan fingerprint density at radius 3 is 2.75 bits per heavy atom. The van der Waals surface area contributed by atoms with Crippen molar-refractivity contribution in [2.75, 3.05) is 6.54 Å². The highest BCUT2D eigenvalue weighted by Crippen LogP contribution is 2.11. The average Bonchev–Trinajstić information content (AvgIpc) is 2.91. The molecule has 0 aliphatic carbocycles. The summed E-state index contributed by atoms with van der Waals surface area (Å²) in [5, 5.41) is 21.7. The number of nitro groups is 1. The van der Waals surface area contributed by atoms with Gasteiger partial charge in [0.1, 0.15) is 12.2 Å². The Labute approximate surface area is 116 Å². The van der Waals surface area contributed by atoms with Crippen molar-refractivity contribution in [2.45, 2.75) is 26.4 Å². The van der Waals surface area contributed by atoms with E-state index in [1.807, 2.05) is 11.5 Å². The van der Waals surface area contributed by atoms with Gasteiger partial charge in [0.05, 0.1) is 11.5 Å². The number of benzene rings is 1. The van der Waals surface area contributed by atoms with E-state index in [2.05, 4.69) is 15.5 Å². The van der Waals surface area contributed by atoms with Crippen LogP contribution in [0.5, 0.6) is 0 Å². The molecule has 0 radical (unpaired) electrons. The van der Waals surface area contributed by atoms with Crippen LogP contribution in [0.1, 0.15) is 18.3 Å². The first kappa shape index (κ1) is 14.1. The molecule has 0 saturated heterocycles. The van der Waals surface area contributed by atoms with Crippen LogP contribution < -0.4 is 5.32 Å². The molecule has 1 aromatic carbocycles. The molecule has 0 spiro atoms. The molecule has 7 nitrogen and oxygen atoms in total. The van der Waals surface area contributed by atoms with Crippen molar-refractivity contribution in [1.29, 1.82) is 0 Å². The number of hydrogen-bond acceptors (Lipinski definition) is 5. The van der Waals surface area contributed by atoms with Gasteiger partial charge < -0.3 is 9.88 Å². The summed E-state index contributed by atoms with van der Waals surface area (Å²) in [6, 6.07) is 6.63. The fraction of sp³-hybridized carbons (Fsp3) is 0.385. The van der Waals surface area contributed by atoms with Gasteiger partial charge in [0, 0.05) is 18.7 Å². The molecule has 2 aromatic rings. The zero-order chi connectivity index (χ0) is 14.4. The summed E-state index contributed by atoms with van der Waals surface area (Å²) in [4.78, 5) is 10.2. The second-order valence-corrected chi connectivity index (χ2v) is 4.38. The molecule has 20 heavy (non-hydrogen) atoms. The zero-order valence-electron chi connectivity index (χ0n) is 11.3. The molecule has 0 unspecified atom stereocenters. The van der Waals surface area contributed by atoms with Crippen molar-refractivity contribution in [1.82, 2.24) is 20.1 Å². The molecular formula is C13H17N5O2. The van der Waals surface area contributed by atoms with Gasteiger partial charge in [0.2, 0.25) is 0 Å². The van der Waals surface area contributed by atoms with Crippen LogP contribution in [-0.4, -0.2) is 26.2 Å². The van der Waals surface area contributed by atoms with Crippen LogP contribution in [0.15, 0.2) is 30.6 Å². The smallest absolute Gasteiger partial charge is 0.269 e. The van der Waals surface area contributed by atoms with Crippen LogP contribution in [0.3, 0.4) is 0 Å². The largest absolute Gasteiger partial charge is 0.317 e. The lowest BCUT2D eigenvalue weighted by molar-refractivity contribution is -0.384. The summed E-state index contributed by atoms with van der Waals surface area (Å²) in [6.45, 7) is 4.35. The molecule has 2 rings (SSSR count). The molecule has 0 aliphatic heterocycles. The average molecular weight is 275 g/mol. The number of nitro benzene ring substituents is 1. The number of aromatic nitrogens is 3. The molecule has 1 heterocycles. The second-order valence-electron chi connectivity index (χ2n) is 4.38. The molecule has 0 bridgehead atoms. The van der Waals surface area contributed by atoms with E-state index in [-0.39, 0.29) is 10.6 Å². The lowest BCUT2D eigenvalue weighted by atomic mass is 10.1. The second kappa shape index (κ2) is 6.76. The van der Waals surface area contributed by atoms with Gasteiger partial charge in [0.25, 0.3) is 5.69 Å². The Hall–Kier alpha value is -2.28. The van der Waals surface area contributed by atoms with Crippen molar-refractivity contribution < 1.29 is 4.92 Å². The number of non-ortho nitro benzene ring substituents is 1. The van der Waals surface area contributed by atoms with Gasteiger partial charge >= 0.3 is 0 Å². The Bertz CT molecular complexity index is 564. The van der Waals surface area contributed by atoms with E-state index < -0.39 is 0 Å². The maximum Gasteiger partial charge on any atom is 0.269 e. The third kappa shape index (κ3) is 3.61. The van der Waals surface area contributed by atoms with E-state index in [0.717, 1.165) is 30.9 Å². The van der Waals surface area contributed by atoms with Gasteiger partial charge in [-0.15, -0.1) is 10.2 Å². The third-order valence-corrected chi connectivity index (χ3v) is 3.06. The van der Waals surface area contributed by atoms with Gasteiger partial charge in [-0.25, -0.2) is 0 Å². The third-order valence-electron chi connectivity index (χ3n) is 3.06. The molecule has 1 aromatic heterocycles. The molecule has 0 saturated carbocycles. The number of aryl methyl sites for hydroxylation is 1. The summed E-state index contributed by atoms with van der Waals surface area (Å²) in [7, 11) is 0. The van der Waals surface area contributed by atoms with E-state index in [9.17, 15) is 10.1 Å². The summed E-state index contributed by atoms with van der Waals surface area (Å²) in [5.41, 5.74) is 1.19. The summed E-state index contributed by atoms with van der Waals surface area (Å²) in [5.74, 6) is 0.913. The number of nitrogens with one attached hydrogen (secondary N) is 1. The Morgan fingerprint density at radius 1 is 1.35 bits per heavy atom. The predicted octanol–water partition coefficient (Wildman–Crippen LogP) is 1.54. The zero-order valence-corrected chi connectivity index (χ0v) is 11.3. The van der Waals surface area contributed by atoms with Crippen LogP contribution in [0.2, 0.25) is 0 Å². The minimum absolute atomic E-state index is 0.123. The summed E-state index contributed by atoms with van der Waals surface area (Å²) < 4.78 is 1.98. The lowest BCUT2D eigenvalue weighted by Crippen LogP contribution is -2.19. The van der Waals surface area contributed by atoms with Crippen LogP contribution in [-0.2, 0) is 19.5 Å². The Kier molecular flexibility index (Phi) is 4.78. The summed E-state index contributed by atoms with van der Waals surface area (Å²) in [6.07, 6.45) is 2.53.